The lowest BCUT2D eigenvalue weighted by Crippen LogP contribution is -2.12. The molecule has 0 unspecified atom stereocenters. The SMILES string of the molecule is OCCCCO.OCCOCCOCCOc1cccc(OCCOCCOCCO)c1. The molecule has 1 aromatic rings. The topological polar surface area (TPSA) is 136 Å². The Hall–Kier alpha value is -1.50. The third-order valence-corrected chi connectivity index (χ3v) is 3.58. The second-order valence-electron chi connectivity index (χ2n) is 6.22. The molecule has 0 aromatic heterocycles. The third-order valence-electron chi connectivity index (χ3n) is 3.58. The van der Waals surface area contributed by atoms with Crippen LogP contribution in [0.15, 0.2) is 24.3 Å². The Morgan fingerprint density at radius 2 is 0.844 bits per heavy atom. The Morgan fingerprint density at radius 1 is 0.469 bits per heavy atom. The molecule has 0 bridgehead atoms. The van der Waals surface area contributed by atoms with Gasteiger partial charge >= 0.3 is 0 Å². The first-order valence-corrected chi connectivity index (χ1v) is 10.9. The van der Waals surface area contributed by atoms with E-state index in [0.717, 1.165) is 12.8 Å². The number of aliphatic hydroxyl groups is 4. The number of aliphatic hydroxyl groups excluding tert-OH is 4. The van der Waals surface area contributed by atoms with Crippen molar-refractivity contribution in [3.8, 4) is 11.5 Å². The monoisotopic (exact) mass is 464 g/mol. The number of benzene rings is 1. The third kappa shape index (κ3) is 21.7. The molecule has 0 fully saturated rings. The van der Waals surface area contributed by atoms with Crippen molar-refractivity contribution in [2.75, 3.05) is 92.5 Å². The van der Waals surface area contributed by atoms with Crippen LogP contribution >= 0.6 is 0 Å². The zero-order valence-electron chi connectivity index (χ0n) is 18.9. The fourth-order valence-corrected chi connectivity index (χ4v) is 2.09. The van der Waals surface area contributed by atoms with Gasteiger partial charge in [-0.25, -0.2) is 0 Å². The summed E-state index contributed by atoms with van der Waals surface area (Å²) in [5.74, 6) is 1.42. The van der Waals surface area contributed by atoms with Gasteiger partial charge in [0.25, 0.3) is 0 Å². The van der Waals surface area contributed by atoms with E-state index >= 15 is 0 Å². The molecule has 10 heteroatoms. The van der Waals surface area contributed by atoms with Crippen LogP contribution in [0.4, 0.5) is 0 Å². The van der Waals surface area contributed by atoms with Crippen LogP contribution in [0.2, 0.25) is 0 Å². The van der Waals surface area contributed by atoms with Crippen LogP contribution in [0.3, 0.4) is 0 Å². The molecule has 1 rings (SSSR count). The second kappa shape index (κ2) is 25.8. The molecule has 0 spiro atoms. The summed E-state index contributed by atoms with van der Waals surface area (Å²) < 4.78 is 32.1. The van der Waals surface area contributed by atoms with Gasteiger partial charge in [0.05, 0.1) is 66.1 Å². The van der Waals surface area contributed by atoms with E-state index in [0.29, 0.717) is 77.6 Å². The summed E-state index contributed by atoms with van der Waals surface area (Å²) in [6.45, 7) is 4.72. The molecule has 0 atom stereocenters. The summed E-state index contributed by atoms with van der Waals surface area (Å²) in [5.41, 5.74) is 0. The zero-order valence-corrected chi connectivity index (χ0v) is 18.9. The maximum absolute atomic E-state index is 8.56. The van der Waals surface area contributed by atoms with E-state index in [1.54, 1.807) is 0 Å². The largest absolute Gasteiger partial charge is 0.491 e. The number of unbranched alkanes of at least 4 members (excludes halogenated alkanes) is 1. The van der Waals surface area contributed by atoms with Crippen molar-refractivity contribution < 1.29 is 48.8 Å². The van der Waals surface area contributed by atoms with Gasteiger partial charge in [-0.05, 0) is 25.0 Å². The summed E-state index contributed by atoms with van der Waals surface area (Å²) in [5, 5.41) is 33.3. The van der Waals surface area contributed by atoms with Crippen molar-refractivity contribution in [3.63, 3.8) is 0 Å². The van der Waals surface area contributed by atoms with Gasteiger partial charge in [0.1, 0.15) is 24.7 Å². The van der Waals surface area contributed by atoms with Gasteiger partial charge in [-0.2, -0.15) is 0 Å². The van der Waals surface area contributed by atoms with Gasteiger partial charge in [-0.3, -0.25) is 0 Å². The van der Waals surface area contributed by atoms with Crippen molar-refractivity contribution in [1.29, 1.82) is 0 Å². The van der Waals surface area contributed by atoms with Crippen molar-refractivity contribution in [2.45, 2.75) is 12.8 Å². The Kier molecular flexibility index (Phi) is 24.6. The fraction of sp³-hybridized carbons (Fsp3) is 0.727. The van der Waals surface area contributed by atoms with Crippen LogP contribution in [0.25, 0.3) is 0 Å². The first-order chi connectivity index (χ1) is 15.8. The van der Waals surface area contributed by atoms with Gasteiger partial charge < -0.3 is 48.8 Å². The number of hydrogen-bond acceptors (Lipinski definition) is 10. The van der Waals surface area contributed by atoms with E-state index in [1.807, 2.05) is 24.3 Å². The first-order valence-electron chi connectivity index (χ1n) is 10.9. The minimum atomic E-state index is 0.0205. The van der Waals surface area contributed by atoms with E-state index in [1.165, 1.54) is 0 Å². The van der Waals surface area contributed by atoms with E-state index in [-0.39, 0.29) is 26.4 Å². The lowest BCUT2D eigenvalue weighted by Gasteiger charge is -2.10. The first kappa shape index (κ1) is 30.5. The summed E-state index contributed by atoms with van der Waals surface area (Å²) in [6.07, 6.45) is 1.44. The number of ether oxygens (including phenoxy) is 6. The van der Waals surface area contributed by atoms with Crippen molar-refractivity contribution in [2.24, 2.45) is 0 Å². The van der Waals surface area contributed by atoms with Crippen LogP contribution < -0.4 is 9.47 Å². The van der Waals surface area contributed by atoms with Crippen molar-refractivity contribution in [1.82, 2.24) is 0 Å². The van der Waals surface area contributed by atoms with Crippen molar-refractivity contribution in [3.05, 3.63) is 24.3 Å². The summed E-state index contributed by atoms with van der Waals surface area (Å²) in [4.78, 5) is 0. The van der Waals surface area contributed by atoms with E-state index in [9.17, 15) is 0 Å². The minimum absolute atomic E-state index is 0.0205. The van der Waals surface area contributed by atoms with Crippen LogP contribution in [-0.2, 0) is 18.9 Å². The zero-order chi connectivity index (χ0) is 23.5. The highest BCUT2D eigenvalue weighted by molar-refractivity contribution is 5.32. The van der Waals surface area contributed by atoms with Gasteiger partial charge in [0, 0.05) is 19.3 Å². The summed E-state index contributed by atoms with van der Waals surface area (Å²) >= 11 is 0. The molecule has 0 aliphatic heterocycles. The predicted molar refractivity (Wildman–Crippen MR) is 118 cm³/mol. The summed E-state index contributed by atoms with van der Waals surface area (Å²) in [6, 6.07) is 7.38. The molecular weight excluding hydrogens is 424 g/mol. The summed E-state index contributed by atoms with van der Waals surface area (Å²) in [7, 11) is 0. The Labute approximate surface area is 190 Å². The molecule has 0 radical (unpaired) electrons. The Morgan fingerprint density at radius 3 is 1.22 bits per heavy atom. The van der Waals surface area contributed by atoms with Crippen LogP contribution in [0, 0.1) is 0 Å². The molecule has 0 heterocycles. The van der Waals surface area contributed by atoms with Gasteiger partial charge in [0.15, 0.2) is 0 Å². The standard InChI is InChI=1S/C18H30O8.C4H10O2/c19-4-6-21-8-10-23-12-14-25-17-2-1-3-18(16-17)26-15-13-24-11-9-22-7-5-20;5-3-1-2-4-6/h1-3,16,19-20H,4-15H2;5-6H,1-4H2. The smallest absolute Gasteiger partial charge is 0.123 e. The highest BCUT2D eigenvalue weighted by Crippen LogP contribution is 2.19. The molecule has 32 heavy (non-hydrogen) atoms. The molecular formula is C22H40O10. The molecule has 188 valence electrons. The molecule has 0 aliphatic carbocycles. The van der Waals surface area contributed by atoms with Gasteiger partial charge in [0.2, 0.25) is 0 Å². The highest BCUT2D eigenvalue weighted by Gasteiger charge is 1.99. The van der Waals surface area contributed by atoms with E-state index < -0.39 is 0 Å². The van der Waals surface area contributed by atoms with Crippen LogP contribution in [-0.4, -0.2) is 113 Å². The molecule has 10 nitrogen and oxygen atoms in total. The normalized spacial score (nSPS) is 10.5. The van der Waals surface area contributed by atoms with Crippen LogP contribution in [0.5, 0.6) is 11.5 Å². The average Bonchev–Trinajstić information content (AvgIpc) is 2.82. The number of hydrogen-bond donors (Lipinski definition) is 4. The minimum Gasteiger partial charge on any atom is -0.491 e. The lowest BCUT2D eigenvalue weighted by molar-refractivity contribution is 0.0241. The second-order valence-corrected chi connectivity index (χ2v) is 6.22. The molecule has 1 aromatic carbocycles. The quantitative estimate of drug-likeness (QED) is 0.187. The predicted octanol–water partition coefficient (Wildman–Crippen LogP) is 0.246. The molecule has 0 saturated carbocycles. The van der Waals surface area contributed by atoms with Crippen LogP contribution in [0.1, 0.15) is 12.8 Å². The van der Waals surface area contributed by atoms with Gasteiger partial charge in [-0.15, -0.1) is 0 Å². The molecule has 0 aliphatic rings. The lowest BCUT2D eigenvalue weighted by atomic mass is 10.3. The Bertz CT molecular complexity index is 450. The van der Waals surface area contributed by atoms with E-state index in [4.69, 9.17) is 48.8 Å². The fourth-order valence-electron chi connectivity index (χ4n) is 2.09. The molecule has 0 amide bonds. The Balaban J connectivity index is 0.00000140. The number of rotatable bonds is 21. The highest BCUT2D eigenvalue weighted by atomic mass is 16.6. The maximum atomic E-state index is 8.56. The van der Waals surface area contributed by atoms with Gasteiger partial charge in [-0.1, -0.05) is 6.07 Å². The van der Waals surface area contributed by atoms with E-state index in [2.05, 4.69) is 0 Å². The van der Waals surface area contributed by atoms with Crippen molar-refractivity contribution >= 4 is 0 Å². The maximum Gasteiger partial charge on any atom is 0.123 e. The molecule has 0 saturated heterocycles. The molecule has 4 N–H and O–H groups in total. The average molecular weight is 465 g/mol.